The minimum atomic E-state index is -0.0934. The predicted molar refractivity (Wildman–Crippen MR) is 74.0 cm³/mol. The van der Waals surface area contributed by atoms with E-state index in [0.717, 1.165) is 5.56 Å². The van der Waals surface area contributed by atoms with Crippen molar-refractivity contribution in [1.29, 1.82) is 0 Å². The SMILES string of the molecule is COc1ccc(CC(=O)c2occc2Br)cc1OC. The van der Waals surface area contributed by atoms with Gasteiger partial charge in [-0.2, -0.15) is 0 Å². The molecule has 0 amide bonds. The Kier molecular flexibility index (Phi) is 4.27. The lowest BCUT2D eigenvalue weighted by molar-refractivity contribution is 0.0965. The highest BCUT2D eigenvalue weighted by molar-refractivity contribution is 9.10. The standard InChI is InChI=1S/C14H13BrO4/c1-17-12-4-3-9(8-13(12)18-2)7-11(16)14-10(15)5-6-19-14/h3-6,8H,7H2,1-2H3. The normalized spacial score (nSPS) is 10.3. The molecule has 1 aromatic heterocycles. The summed E-state index contributed by atoms with van der Waals surface area (Å²) in [5, 5.41) is 0. The Balaban J connectivity index is 2.20. The van der Waals surface area contributed by atoms with E-state index in [1.54, 1.807) is 32.4 Å². The van der Waals surface area contributed by atoms with Gasteiger partial charge in [-0.3, -0.25) is 4.79 Å². The molecule has 0 radical (unpaired) electrons. The van der Waals surface area contributed by atoms with Crippen LogP contribution in [0.2, 0.25) is 0 Å². The number of carbonyl (C=O) groups excluding carboxylic acids is 1. The number of ether oxygens (including phenoxy) is 2. The van der Waals surface area contributed by atoms with Crippen LogP contribution in [0.4, 0.5) is 0 Å². The highest BCUT2D eigenvalue weighted by Gasteiger charge is 2.15. The molecule has 0 bridgehead atoms. The van der Waals surface area contributed by atoms with E-state index in [9.17, 15) is 4.79 Å². The van der Waals surface area contributed by atoms with Gasteiger partial charge in [-0.05, 0) is 39.7 Å². The summed E-state index contributed by atoms with van der Waals surface area (Å²) < 4.78 is 16.2. The smallest absolute Gasteiger partial charge is 0.203 e. The van der Waals surface area contributed by atoms with Gasteiger partial charge in [-0.1, -0.05) is 6.07 Å². The fourth-order valence-corrected chi connectivity index (χ4v) is 2.17. The molecule has 0 aliphatic heterocycles. The summed E-state index contributed by atoms with van der Waals surface area (Å²) in [7, 11) is 3.13. The molecular weight excluding hydrogens is 312 g/mol. The van der Waals surface area contributed by atoms with E-state index < -0.39 is 0 Å². The number of ketones is 1. The second kappa shape index (κ2) is 5.93. The van der Waals surface area contributed by atoms with E-state index in [2.05, 4.69) is 15.9 Å². The predicted octanol–water partition coefficient (Wildman–Crippen LogP) is 3.48. The van der Waals surface area contributed by atoms with Crippen molar-refractivity contribution in [3.8, 4) is 11.5 Å². The maximum atomic E-state index is 12.1. The summed E-state index contributed by atoms with van der Waals surface area (Å²) >= 11 is 3.27. The first-order valence-corrected chi connectivity index (χ1v) is 6.42. The van der Waals surface area contributed by atoms with Crippen LogP contribution in [-0.4, -0.2) is 20.0 Å². The van der Waals surface area contributed by atoms with Crippen LogP contribution < -0.4 is 9.47 Å². The van der Waals surface area contributed by atoms with Crippen LogP contribution in [0.25, 0.3) is 0 Å². The second-order valence-corrected chi connectivity index (χ2v) is 4.74. The van der Waals surface area contributed by atoms with Crippen molar-refractivity contribution in [2.24, 2.45) is 0 Å². The van der Waals surface area contributed by atoms with E-state index in [1.165, 1.54) is 6.26 Å². The first-order valence-electron chi connectivity index (χ1n) is 5.62. The number of benzene rings is 1. The molecule has 2 aromatic rings. The molecule has 19 heavy (non-hydrogen) atoms. The van der Waals surface area contributed by atoms with Crippen molar-refractivity contribution in [3.05, 3.63) is 46.3 Å². The van der Waals surface area contributed by atoms with Crippen LogP contribution in [0.15, 0.2) is 39.4 Å². The molecule has 0 aliphatic carbocycles. The average molecular weight is 325 g/mol. The van der Waals surface area contributed by atoms with Crippen molar-refractivity contribution >= 4 is 21.7 Å². The maximum absolute atomic E-state index is 12.1. The summed E-state index contributed by atoms with van der Waals surface area (Å²) in [6, 6.07) is 7.09. The van der Waals surface area contributed by atoms with E-state index in [0.29, 0.717) is 21.7 Å². The van der Waals surface area contributed by atoms with Gasteiger partial charge in [-0.15, -0.1) is 0 Å². The Bertz CT molecular complexity index is 589. The third-order valence-corrected chi connectivity index (χ3v) is 3.31. The van der Waals surface area contributed by atoms with Crippen LogP contribution in [0.3, 0.4) is 0 Å². The van der Waals surface area contributed by atoms with E-state index in [-0.39, 0.29) is 12.2 Å². The first-order chi connectivity index (χ1) is 9.15. The van der Waals surface area contributed by atoms with Gasteiger partial charge in [0, 0.05) is 6.42 Å². The van der Waals surface area contributed by atoms with Gasteiger partial charge >= 0.3 is 0 Å². The van der Waals surface area contributed by atoms with Crippen molar-refractivity contribution in [2.75, 3.05) is 14.2 Å². The molecule has 2 rings (SSSR count). The number of hydrogen-bond donors (Lipinski definition) is 0. The summed E-state index contributed by atoms with van der Waals surface area (Å²) in [5.74, 6) is 1.48. The maximum Gasteiger partial charge on any atom is 0.203 e. The minimum absolute atomic E-state index is 0.0934. The molecule has 4 nitrogen and oxygen atoms in total. The molecule has 0 fully saturated rings. The van der Waals surface area contributed by atoms with Crippen LogP contribution in [0, 0.1) is 0 Å². The second-order valence-electron chi connectivity index (χ2n) is 3.89. The Morgan fingerprint density at radius 2 is 1.95 bits per heavy atom. The summed E-state index contributed by atoms with van der Waals surface area (Å²) in [6.07, 6.45) is 1.72. The van der Waals surface area contributed by atoms with Crippen LogP contribution in [-0.2, 0) is 6.42 Å². The summed E-state index contributed by atoms with van der Waals surface area (Å²) in [6.45, 7) is 0. The highest BCUT2D eigenvalue weighted by atomic mass is 79.9. The monoisotopic (exact) mass is 324 g/mol. The van der Waals surface area contributed by atoms with Gasteiger partial charge in [0.15, 0.2) is 17.3 Å². The molecule has 0 saturated carbocycles. The van der Waals surface area contributed by atoms with Crippen molar-refractivity contribution < 1.29 is 18.7 Å². The number of halogens is 1. The molecule has 0 N–H and O–H groups in total. The van der Waals surface area contributed by atoms with Gasteiger partial charge < -0.3 is 13.9 Å². The first kappa shape index (κ1) is 13.7. The molecule has 0 aliphatic rings. The minimum Gasteiger partial charge on any atom is -0.493 e. The van der Waals surface area contributed by atoms with Gasteiger partial charge in [0.05, 0.1) is 25.0 Å². The molecule has 5 heteroatoms. The van der Waals surface area contributed by atoms with E-state index >= 15 is 0 Å². The number of carbonyl (C=O) groups is 1. The molecular formula is C14H13BrO4. The Morgan fingerprint density at radius 1 is 1.21 bits per heavy atom. The number of Topliss-reactive ketones (excluding diaryl/α,β-unsaturated/α-hetero) is 1. The number of hydrogen-bond acceptors (Lipinski definition) is 4. The third-order valence-electron chi connectivity index (χ3n) is 2.68. The zero-order valence-electron chi connectivity index (χ0n) is 10.6. The Hall–Kier alpha value is -1.75. The molecule has 0 saturated heterocycles. The summed E-state index contributed by atoms with van der Waals surface area (Å²) in [4.78, 5) is 12.1. The molecule has 1 heterocycles. The third kappa shape index (κ3) is 2.98. The average Bonchev–Trinajstić information content (AvgIpc) is 2.85. The van der Waals surface area contributed by atoms with Crippen molar-refractivity contribution in [1.82, 2.24) is 0 Å². The topological polar surface area (TPSA) is 48.7 Å². The van der Waals surface area contributed by atoms with Gasteiger partial charge in [-0.25, -0.2) is 0 Å². The zero-order chi connectivity index (χ0) is 13.8. The van der Waals surface area contributed by atoms with Crippen LogP contribution in [0.5, 0.6) is 11.5 Å². The van der Waals surface area contributed by atoms with Crippen LogP contribution in [0.1, 0.15) is 16.1 Å². The Labute approximate surface area is 119 Å². The fourth-order valence-electron chi connectivity index (χ4n) is 1.75. The quantitative estimate of drug-likeness (QED) is 0.790. The number of methoxy groups -OCH3 is 2. The lowest BCUT2D eigenvalue weighted by Crippen LogP contribution is -2.03. The largest absolute Gasteiger partial charge is 0.493 e. The van der Waals surface area contributed by atoms with Crippen LogP contribution >= 0.6 is 15.9 Å². The van der Waals surface area contributed by atoms with E-state index in [1.807, 2.05) is 6.07 Å². The van der Waals surface area contributed by atoms with Crippen molar-refractivity contribution in [2.45, 2.75) is 6.42 Å². The molecule has 0 unspecified atom stereocenters. The van der Waals surface area contributed by atoms with Gasteiger partial charge in [0.25, 0.3) is 0 Å². The fraction of sp³-hybridized carbons (Fsp3) is 0.214. The molecule has 100 valence electrons. The van der Waals surface area contributed by atoms with Gasteiger partial charge in [0.2, 0.25) is 5.78 Å². The zero-order valence-corrected chi connectivity index (χ0v) is 12.2. The lowest BCUT2D eigenvalue weighted by Gasteiger charge is -2.08. The molecule has 0 spiro atoms. The van der Waals surface area contributed by atoms with Gasteiger partial charge in [0.1, 0.15) is 0 Å². The van der Waals surface area contributed by atoms with E-state index in [4.69, 9.17) is 13.9 Å². The number of furan rings is 1. The Morgan fingerprint density at radius 3 is 2.53 bits per heavy atom. The molecule has 1 aromatic carbocycles. The number of rotatable bonds is 5. The van der Waals surface area contributed by atoms with Crippen molar-refractivity contribution in [3.63, 3.8) is 0 Å². The highest BCUT2D eigenvalue weighted by Crippen LogP contribution is 2.28. The summed E-state index contributed by atoms with van der Waals surface area (Å²) in [5.41, 5.74) is 0.839. The lowest BCUT2D eigenvalue weighted by atomic mass is 10.1. The molecule has 0 atom stereocenters.